The number of anilines is 1. The Morgan fingerprint density at radius 3 is 2.56 bits per heavy atom. The van der Waals surface area contributed by atoms with Gasteiger partial charge in [-0.3, -0.25) is 9.52 Å². The molecule has 0 aromatic heterocycles. The molecular formula is C19H23BrN2O4S. The van der Waals surface area contributed by atoms with Gasteiger partial charge in [0.15, 0.2) is 0 Å². The smallest absolute Gasteiger partial charge is 0.261 e. The second-order valence-corrected chi connectivity index (χ2v) is 8.85. The van der Waals surface area contributed by atoms with Crippen molar-refractivity contribution in [3.63, 3.8) is 0 Å². The molecule has 0 bridgehead atoms. The summed E-state index contributed by atoms with van der Waals surface area (Å²) in [5.74, 6) is 0.634. The Kier molecular flexibility index (Phi) is 7.26. The predicted octanol–water partition coefficient (Wildman–Crippen LogP) is 4.03. The highest BCUT2D eigenvalue weighted by atomic mass is 79.9. The predicted molar refractivity (Wildman–Crippen MR) is 110 cm³/mol. The molecule has 0 saturated heterocycles. The van der Waals surface area contributed by atoms with Gasteiger partial charge < -0.3 is 10.1 Å². The number of benzene rings is 2. The number of nitrogens with one attached hydrogen (secondary N) is 2. The summed E-state index contributed by atoms with van der Waals surface area (Å²) in [4.78, 5) is 12.2. The van der Waals surface area contributed by atoms with Crippen LogP contribution in [0.2, 0.25) is 0 Å². The lowest BCUT2D eigenvalue weighted by atomic mass is 10.2. The fraction of sp³-hybridized carbons (Fsp3) is 0.316. The Hall–Kier alpha value is -2.06. The van der Waals surface area contributed by atoms with Gasteiger partial charge in [-0.05, 0) is 65.2 Å². The zero-order valence-corrected chi connectivity index (χ0v) is 17.9. The van der Waals surface area contributed by atoms with Crippen molar-refractivity contribution < 1.29 is 17.9 Å². The number of halogens is 1. The first-order chi connectivity index (χ1) is 12.7. The van der Waals surface area contributed by atoms with E-state index in [2.05, 4.69) is 26.0 Å². The Morgan fingerprint density at radius 1 is 1.19 bits per heavy atom. The van der Waals surface area contributed by atoms with E-state index in [1.165, 1.54) is 12.1 Å². The van der Waals surface area contributed by atoms with E-state index in [0.29, 0.717) is 40.5 Å². The summed E-state index contributed by atoms with van der Waals surface area (Å²) in [5, 5.41) is 2.78. The number of amides is 1. The fourth-order valence-corrected chi connectivity index (χ4v) is 3.84. The zero-order valence-electron chi connectivity index (χ0n) is 15.5. The van der Waals surface area contributed by atoms with Crippen molar-refractivity contribution >= 4 is 37.5 Å². The van der Waals surface area contributed by atoms with E-state index in [0.717, 1.165) is 0 Å². The maximum Gasteiger partial charge on any atom is 0.261 e. The average molecular weight is 455 g/mol. The van der Waals surface area contributed by atoms with Gasteiger partial charge in [0.2, 0.25) is 0 Å². The SMILES string of the molecule is CCOc1ccc(NS(=O)(=O)c2cccc(C(=O)NCC(C)C)c2)cc1Br. The van der Waals surface area contributed by atoms with E-state index < -0.39 is 10.0 Å². The first-order valence-electron chi connectivity index (χ1n) is 8.56. The molecule has 27 heavy (non-hydrogen) atoms. The van der Waals surface area contributed by atoms with Crippen molar-refractivity contribution in [3.05, 3.63) is 52.5 Å². The van der Waals surface area contributed by atoms with E-state index in [4.69, 9.17) is 4.74 Å². The molecule has 2 aromatic carbocycles. The number of rotatable bonds is 8. The number of ether oxygens (including phenoxy) is 1. The molecule has 2 N–H and O–H groups in total. The Balaban J connectivity index is 2.20. The molecule has 1 amide bonds. The summed E-state index contributed by atoms with van der Waals surface area (Å²) in [5.41, 5.74) is 0.686. The number of hydrogen-bond donors (Lipinski definition) is 2. The molecule has 0 heterocycles. The van der Waals surface area contributed by atoms with Crippen molar-refractivity contribution in [2.45, 2.75) is 25.7 Å². The largest absolute Gasteiger partial charge is 0.493 e. The lowest BCUT2D eigenvalue weighted by Gasteiger charge is -2.12. The number of carbonyl (C=O) groups is 1. The van der Waals surface area contributed by atoms with Crippen LogP contribution in [0.4, 0.5) is 5.69 Å². The van der Waals surface area contributed by atoms with Crippen molar-refractivity contribution in [3.8, 4) is 5.75 Å². The minimum Gasteiger partial charge on any atom is -0.493 e. The maximum absolute atomic E-state index is 12.7. The van der Waals surface area contributed by atoms with Crippen LogP contribution in [0.3, 0.4) is 0 Å². The highest BCUT2D eigenvalue weighted by Crippen LogP contribution is 2.29. The molecule has 2 rings (SSSR count). The van der Waals surface area contributed by atoms with Gasteiger partial charge >= 0.3 is 0 Å². The summed E-state index contributed by atoms with van der Waals surface area (Å²) in [6, 6.07) is 10.9. The maximum atomic E-state index is 12.7. The van der Waals surface area contributed by atoms with E-state index in [1.807, 2.05) is 20.8 Å². The summed E-state index contributed by atoms with van der Waals surface area (Å²) < 4.78 is 33.9. The minimum atomic E-state index is -3.83. The second-order valence-electron chi connectivity index (χ2n) is 6.32. The van der Waals surface area contributed by atoms with Crippen LogP contribution in [-0.2, 0) is 10.0 Å². The number of hydrogen-bond acceptors (Lipinski definition) is 4. The van der Waals surface area contributed by atoms with Crippen LogP contribution in [0.1, 0.15) is 31.1 Å². The average Bonchev–Trinajstić information content (AvgIpc) is 2.62. The molecule has 0 aliphatic carbocycles. The van der Waals surface area contributed by atoms with Crippen molar-refractivity contribution in [1.29, 1.82) is 0 Å². The van der Waals surface area contributed by atoms with E-state index in [1.54, 1.807) is 30.3 Å². The van der Waals surface area contributed by atoms with Crippen LogP contribution in [-0.4, -0.2) is 27.5 Å². The Morgan fingerprint density at radius 2 is 1.93 bits per heavy atom. The molecule has 0 unspecified atom stereocenters. The minimum absolute atomic E-state index is 0.0182. The Labute approximate surface area is 168 Å². The third kappa shape index (κ3) is 5.97. The number of sulfonamides is 1. The number of carbonyl (C=O) groups excluding carboxylic acids is 1. The van der Waals surface area contributed by atoms with Gasteiger partial charge in [0.05, 0.1) is 21.7 Å². The van der Waals surface area contributed by atoms with Crippen LogP contribution in [0.25, 0.3) is 0 Å². The highest BCUT2D eigenvalue weighted by molar-refractivity contribution is 9.10. The summed E-state index contributed by atoms with van der Waals surface area (Å²) >= 11 is 3.36. The molecular weight excluding hydrogens is 432 g/mol. The molecule has 0 aliphatic rings. The molecule has 0 atom stereocenters. The van der Waals surface area contributed by atoms with Crippen LogP contribution >= 0.6 is 15.9 Å². The molecule has 0 spiro atoms. The standard InChI is InChI=1S/C19H23BrN2O4S/c1-4-26-18-9-8-15(11-17(18)20)22-27(24,25)16-7-5-6-14(10-16)19(23)21-12-13(2)3/h5-11,13,22H,4,12H2,1-3H3,(H,21,23). The highest BCUT2D eigenvalue weighted by Gasteiger charge is 2.17. The molecule has 146 valence electrons. The summed E-state index contributed by atoms with van der Waals surface area (Å²) in [6.45, 7) is 6.87. The first kappa shape index (κ1) is 21.2. The summed E-state index contributed by atoms with van der Waals surface area (Å²) in [6.07, 6.45) is 0. The quantitative estimate of drug-likeness (QED) is 0.630. The van der Waals surface area contributed by atoms with Gasteiger partial charge in [-0.1, -0.05) is 19.9 Å². The topological polar surface area (TPSA) is 84.5 Å². The third-order valence-electron chi connectivity index (χ3n) is 3.56. The van der Waals surface area contributed by atoms with Gasteiger partial charge in [-0.15, -0.1) is 0 Å². The molecule has 8 heteroatoms. The lowest BCUT2D eigenvalue weighted by molar-refractivity contribution is 0.0949. The van der Waals surface area contributed by atoms with Gasteiger partial charge in [-0.2, -0.15) is 0 Å². The Bertz CT molecular complexity index is 914. The van der Waals surface area contributed by atoms with Crippen molar-refractivity contribution in [2.75, 3.05) is 17.9 Å². The van der Waals surface area contributed by atoms with Crippen LogP contribution in [0, 0.1) is 5.92 Å². The molecule has 2 aromatic rings. The molecule has 0 saturated carbocycles. The second kappa shape index (κ2) is 9.23. The van der Waals surface area contributed by atoms with Gasteiger partial charge in [0, 0.05) is 12.1 Å². The van der Waals surface area contributed by atoms with Crippen molar-refractivity contribution in [2.24, 2.45) is 5.92 Å². The van der Waals surface area contributed by atoms with Crippen molar-refractivity contribution in [1.82, 2.24) is 5.32 Å². The third-order valence-corrected chi connectivity index (χ3v) is 5.56. The summed E-state index contributed by atoms with van der Waals surface area (Å²) in [7, 11) is -3.83. The lowest BCUT2D eigenvalue weighted by Crippen LogP contribution is -2.27. The van der Waals surface area contributed by atoms with E-state index >= 15 is 0 Å². The first-order valence-corrected chi connectivity index (χ1v) is 10.8. The monoisotopic (exact) mass is 454 g/mol. The fourth-order valence-electron chi connectivity index (χ4n) is 2.25. The zero-order chi connectivity index (χ0) is 20.0. The van der Waals surface area contributed by atoms with Gasteiger partial charge in [0.1, 0.15) is 5.75 Å². The molecule has 6 nitrogen and oxygen atoms in total. The van der Waals surface area contributed by atoms with Crippen LogP contribution in [0.15, 0.2) is 51.8 Å². The normalized spacial score (nSPS) is 11.3. The van der Waals surface area contributed by atoms with Crippen LogP contribution < -0.4 is 14.8 Å². The van der Waals surface area contributed by atoms with Gasteiger partial charge in [-0.25, -0.2) is 8.42 Å². The van der Waals surface area contributed by atoms with Gasteiger partial charge in [0.25, 0.3) is 15.9 Å². The van der Waals surface area contributed by atoms with E-state index in [-0.39, 0.29) is 10.8 Å². The van der Waals surface area contributed by atoms with E-state index in [9.17, 15) is 13.2 Å². The molecule has 0 fully saturated rings. The molecule has 0 radical (unpaired) electrons. The van der Waals surface area contributed by atoms with Crippen LogP contribution in [0.5, 0.6) is 5.75 Å². The molecule has 0 aliphatic heterocycles.